The molecule has 0 saturated carbocycles. The minimum Gasteiger partial charge on any atom is -0.445 e. The van der Waals surface area contributed by atoms with Gasteiger partial charge in [-0.25, -0.2) is 9.86 Å². The first-order chi connectivity index (χ1) is 11.5. The van der Waals surface area contributed by atoms with Gasteiger partial charge in [0.1, 0.15) is 0 Å². The topological polar surface area (TPSA) is 65.1 Å². The van der Waals surface area contributed by atoms with Gasteiger partial charge in [-0.2, -0.15) is 13.2 Å². The number of alkyl halides is 3. The molecule has 25 heavy (non-hydrogen) atoms. The van der Waals surface area contributed by atoms with Crippen molar-refractivity contribution in [3.63, 3.8) is 0 Å². The molecule has 0 radical (unpaired) electrons. The Morgan fingerprint density at radius 1 is 1.24 bits per heavy atom. The molecule has 1 heterocycles. The Kier molecular flexibility index (Phi) is 5.07. The number of nitrogens with zero attached hydrogens (tertiary/aromatic N) is 1. The average Bonchev–Trinajstić information content (AvgIpc) is 2.76. The zero-order chi connectivity index (χ0) is 18.8. The van der Waals surface area contributed by atoms with Crippen molar-refractivity contribution >= 4 is 11.9 Å². The predicted octanol–water partition coefficient (Wildman–Crippen LogP) is 2.79. The number of hydrogen-bond acceptors (Lipinski definition) is 5. The molecule has 0 unspecified atom stereocenters. The summed E-state index contributed by atoms with van der Waals surface area (Å²) in [4.78, 5) is 28.7. The van der Waals surface area contributed by atoms with Crippen LogP contribution in [0.15, 0.2) is 36.1 Å². The third kappa shape index (κ3) is 4.72. The number of carbonyl (C=O) groups is 2. The number of cyclic esters (lactones) is 1. The summed E-state index contributed by atoms with van der Waals surface area (Å²) < 4.78 is 47.7. The second kappa shape index (κ2) is 6.75. The highest BCUT2D eigenvalue weighted by Crippen LogP contribution is 2.29. The molecule has 0 bridgehead atoms. The lowest BCUT2D eigenvalue weighted by molar-refractivity contribution is -0.173. The lowest BCUT2D eigenvalue weighted by Crippen LogP contribution is -2.28. The summed E-state index contributed by atoms with van der Waals surface area (Å²) in [5, 5.41) is 0.873. The number of hydroxylamine groups is 2. The molecule has 2 rings (SSSR count). The molecule has 1 amide bonds. The fourth-order valence-corrected chi connectivity index (χ4v) is 2.07. The molecule has 1 aliphatic rings. The number of esters is 1. The van der Waals surface area contributed by atoms with Gasteiger partial charge in [0, 0.05) is 13.8 Å². The number of amides is 1. The van der Waals surface area contributed by atoms with Crippen molar-refractivity contribution in [2.24, 2.45) is 0 Å². The second-order valence-corrected chi connectivity index (χ2v) is 5.65. The van der Waals surface area contributed by atoms with Crippen LogP contribution in [0.1, 0.15) is 25.0 Å². The molecule has 1 aromatic carbocycles. The maximum absolute atomic E-state index is 12.5. The van der Waals surface area contributed by atoms with E-state index in [9.17, 15) is 22.8 Å². The monoisotopic (exact) mass is 359 g/mol. The first kappa shape index (κ1) is 18.8. The van der Waals surface area contributed by atoms with E-state index < -0.39 is 29.4 Å². The van der Waals surface area contributed by atoms with Crippen LogP contribution < -0.4 is 0 Å². The summed E-state index contributed by atoms with van der Waals surface area (Å²) in [6.45, 7) is 2.90. The van der Waals surface area contributed by atoms with Crippen LogP contribution in [0.4, 0.5) is 13.2 Å². The van der Waals surface area contributed by atoms with Crippen molar-refractivity contribution in [3.05, 3.63) is 47.2 Å². The van der Waals surface area contributed by atoms with E-state index in [1.54, 1.807) is 0 Å². The summed E-state index contributed by atoms with van der Waals surface area (Å²) in [5.74, 6) is -2.95. The molecule has 136 valence electrons. The fraction of sp³-hybridized carbons (Fsp3) is 0.375. The van der Waals surface area contributed by atoms with Crippen LogP contribution in [0.2, 0.25) is 0 Å². The van der Waals surface area contributed by atoms with Gasteiger partial charge in [-0.3, -0.25) is 9.63 Å². The molecule has 6 nitrogen and oxygen atoms in total. The summed E-state index contributed by atoms with van der Waals surface area (Å²) in [6, 6.07) is 4.29. The summed E-state index contributed by atoms with van der Waals surface area (Å²) >= 11 is 0. The highest BCUT2D eigenvalue weighted by Gasteiger charge is 2.38. The lowest BCUT2D eigenvalue weighted by atomic mass is 10.1. The second-order valence-electron chi connectivity index (χ2n) is 5.65. The normalized spacial score (nSPS) is 18.0. The van der Waals surface area contributed by atoms with Crippen LogP contribution in [-0.4, -0.2) is 29.8 Å². The average molecular weight is 359 g/mol. The molecule has 1 fully saturated rings. The zero-order valence-corrected chi connectivity index (χ0v) is 13.7. The van der Waals surface area contributed by atoms with Gasteiger partial charge in [-0.15, -0.1) is 0 Å². The van der Waals surface area contributed by atoms with Gasteiger partial charge in [0.15, 0.2) is 0 Å². The Morgan fingerprint density at radius 2 is 1.84 bits per heavy atom. The number of carbonyl (C=O) groups excluding carboxylic acids is 2. The predicted molar refractivity (Wildman–Crippen MR) is 78.3 cm³/mol. The summed E-state index contributed by atoms with van der Waals surface area (Å²) in [6.07, 6.45) is -3.53. The molecule has 0 N–H and O–H groups in total. The summed E-state index contributed by atoms with van der Waals surface area (Å²) in [7, 11) is 1.22. The van der Waals surface area contributed by atoms with E-state index in [1.807, 2.05) is 0 Å². The number of benzene rings is 1. The van der Waals surface area contributed by atoms with Crippen LogP contribution >= 0.6 is 0 Å². The van der Waals surface area contributed by atoms with Gasteiger partial charge in [0.05, 0.1) is 25.3 Å². The van der Waals surface area contributed by atoms with Gasteiger partial charge in [0.25, 0.3) is 5.91 Å². The van der Waals surface area contributed by atoms with Crippen molar-refractivity contribution in [1.29, 1.82) is 0 Å². The molecule has 0 aromatic heterocycles. The Hall–Kier alpha value is -2.55. The van der Waals surface area contributed by atoms with Crippen LogP contribution in [0.5, 0.6) is 0 Å². The number of hydrogen-bond donors (Lipinski definition) is 0. The largest absolute Gasteiger partial charge is 0.445 e. The molecule has 0 aliphatic carbocycles. The van der Waals surface area contributed by atoms with Crippen molar-refractivity contribution in [2.75, 3.05) is 7.11 Å². The molecular formula is C16H16F3NO5. The van der Waals surface area contributed by atoms with Gasteiger partial charge >= 0.3 is 12.1 Å². The SMILES string of the molecule is CON(Cc1ccc(C(F)(F)F)cc1)C(=O)/C=C1\OC(C)(C)OC1=O. The third-order valence-electron chi connectivity index (χ3n) is 3.22. The smallest absolute Gasteiger partial charge is 0.416 e. The van der Waals surface area contributed by atoms with E-state index in [-0.39, 0.29) is 12.3 Å². The van der Waals surface area contributed by atoms with Crippen molar-refractivity contribution in [3.8, 4) is 0 Å². The first-order valence-electron chi connectivity index (χ1n) is 7.17. The minimum absolute atomic E-state index is 0.115. The van der Waals surface area contributed by atoms with E-state index in [2.05, 4.69) is 0 Å². The van der Waals surface area contributed by atoms with Crippen LogP contribution in [0.25, 0.3) is 0 Å². The minimum atomic E-state index is -4.44. The highest BCUT2D eigenvalue weighted by molar-refractivity contribution is 5.97. The van der Waals surface area contributed by atoms with Gasteiger partial charge in [-0.05, 0) is 17.7 Å². The van der Waals surface area contributed by atoms with Crippen molar-refractivity contribution in [1.82, 2.24) is 5.06 Å². The number of halogens is 3. The van der Waals surface area contributed by atoms with E-state index in [0.29, 0.717) is 5.56 Å². The van der Waals surface area contributed by atoms with Crippen molar-refractivity contribution in [2.45, 2.75) is 32.4 Å². The highest BCUT2D eigenvalue weighted by atomic mass is 19.4. The van der Waals surface area contributed by atoms with Crippen LogP contribution in [0, 0.1) is 0 Å². The lowest BCUT2D eigenvalue weighted by Gasteiger charge is -2.18. The Labute approximate surface area is 141 Å². The van der Waals surface area contributed by atoms with E-state index in [1.165, 1.54) is 33.1 Å². The van der Waals surface area contributed by atoms with E-state index in [4.69, 9.17) is 14.3 Å². The summed E-state index contributed by atoms with van der Waals surface area (Å²) in [5.41, 5.74) is -0.380. The molecule has 0 atom stereocenters. The van der Waals surface area contributed by atoms with Crippen LogP contribution in [0.3, 0.4) is 0 Å². The Bertz CT molecular complexity index is 695. The van der Waals surface area contributed by atoms with E-state index in [0.717, 1.165) is 23.3 Å². The molecule has 0 spiro atoms. The van der Waals surface area contributed by atoms with Gasteiger partial charge in [0.2, 0.25) is 11.5 Å². The Morgan fingerprint density at radius 3 is 2.28 bits per heavy atom. The Balaban J connectivity index is 2.09. The molecule has 1 aromatic rings. The standard InChI is InChI=1S/C16H16F3NO5/c1-15(2)24-12(14(22)25-15)8-13(21)20(23-3)9-10-4-6-11(7-5-10)16(17,18)19/h4-8H,9H2,1-3H3/b12-8-. The van der Waals surface area contributed by atoms with Crippen LogP contribution in [-0.2, 0) is 36.6 Å². The molecule has 1 saturated heterocycles. The van der Waals surface area contributed by atoms with E-state index >= 15 is 0 Å². The molecule has 9 heteroatoms. The molecule has 1 aliphatic heterocycles. The van der Waals surface area contributed by atoms with Gasteiger partial charge in [-0.1, -0.05) is 12.1 Å². The first-order valence-corrected chi connectivity index (χ1v) is 7.17. The maximum atomic E-state index is 12.5. The quantitative estimate of drug-likeness (QED) is 0.470. The fourth-order valence-electron chi connectivity index (χ4n) is 2.07. The van der Waals surface area contributed by atoms with Gasteiger partial charge < -0.3 is 9.47 Å². The molecular weight excluding hydrogens is 343 g/mol. The number of rotatable bonds is 4. The number of ether oxygens (including phenoxy) is 2. The zero-order valence-electron chi connectivity index (χ0n) is 13.7. The maximum Gasteiger partial charge on any atom is 0.416 e. The van der Waals surface area contributed by atoms with Crippen molar-refractivity contribution < 1.29 is 37.1 Å². The third-order valence-corrected chi connectivity index (χ3v) is 3.22.